The summed E-state index contributed by atoms with van der Waals surface area (Å²) < 4.78 is 6.50. The third-order valence-electron chi connectivity index (χ3n) is 5.17. The molecule has 0 spiro atoms. The molecule has 2 aromatic rings. The van der Waals surface area contributed by atoms with Crippen LogP contribution in [-0.4, -0.2) is 70.5 Å². The van der Waals surface area contributed by atoms with E-state index < -0.39 is 5.60 Å². The third kappa shape index (κ3) is 4.95. The number of carbonyl (C=O) groups is 1. The largest absolute Gasteiger partial charge is 0.388 e. The van der Waals surface area contributed by atoms with Gasteiger partial charge in [-0.05, 0) is 31.9 Å². The van der Waals surface area contributed by atoms with Crippen molar-refractivity contribution in [1.29, 1.82) is 0 Å². The van der Waals surface area contributed by atoms with Crippen molar-refractivity contribution in [2.24, 2.45) is 0 Å². The fraction of sp³-hybridized carbons (Fsp3) is 0.550. The van der Waals surface area contributed by atoms with Crippen LogP contribution in [0.15, 0.2) is 35.4 Å². The topological polar surface area (TPSA) is 96.7 Å². The maximum atomic E-state index is 12.6. The first-order chi connectivity index (χ1) is 13.4. The summed E-state index contributed by atoms with van der Waals surface area (Å²) in [7, 11) is 1.60. The fourth-order valence-corrected chi connectivity index (χ4v) is 3.64. The number of benzene rings is 1. The number of aliphatic hydroxyl groups is 1. The molecule has 1 atom stereocenters. The van der Waals surface area contributed by atoms with Gasteiger partial charge < -0.3 is 15.2 Å². The Bertz CT molecular complexity index is 874. The van der Waals surface area contributed by atoms with Crippen LogP contribution >= 0.6 is 0 Å². The minimum Gasteiger partial charge on any atom is -0.388 e. The van der Waals surface area contributed by atoms with E-state index in [4.69, 9.17) is 4.74 Å². The van der Waals surface area contributed by atoms with Crippen LogP contribution in [0, 0.1) is 0 Å². The molecule has 2 heterocycles. The van der Waals surface area contributed by atoms with E-state index in [1.165, 1.54) is 10.9 Å². The number of hydrogen-bond acceptors (Lipinski definition) is 6. The molecule has 1 aromatic carbocycles. The second-order valence-corrected chi connectivity index (χ2v) is 7.62. The normalized spacial score (nSPS) is 18.1. The van der Waals surface area contributed by atoms with Crippen molar-refractivity contribution in [2.45, 2.75) is 38.0 Å². The number of amides is 1. The summed E-state index contributed by atoms with van der Waals surface area (Å²) in [6, 6.07) is 7.16. The highest BCUT2D eigenvalue weighted by atomic mass is 16.5. The molecule has 1 aromatic heterocycles. The number of likely N-dealkylation sites (tertiary alicyclic amines) is 1. The Balaban J connectivity index is 1.57. The van der Waals surface area contributed by atoms with Crippen LogP contribution in [0.2, 0.25) is 0 Å². The van der Waals surface area contributed by atoms with Gasteiger partial charge in [0, 0.05) is 26.2 Å². The molecular weight excluding hydrogens is 360 g/mol. The number of ether oxygens (including phenoxy) is 1. The first-order valence-corrected chi connectivity index (χ1v) is 9.57. The van der Waals surface area contributed by atoms with Crippen LogP contribution < -0.4 is 10.9 Å². The van der Waals surface area contributed by atoms with Crippen molar-refractivity contribution >= 4 is 16.8 Å². The van der Waals surface area contributed by atoms with E-state index in [0.29, 0.717) is 50.0 Å². The molecule has 152 valence electrons. The van der Waals surface area contributed by atoms with E-state index in [9.17, 15) is 14.7 Å². The predicted octanol–water partition coefficient (Wildman–Crippen LogP) is 0.375. The lowest BCUT2D eigenvalue weighted by Gasteiger charge is -2.38. The van der Waals surface area contributed by atoms with Crippen LogP contribution in [0.4, 0.5) is 0 Å². The lowest BCUT2D eigenvalue weighted by molar-refractivity contribution is -0.124. The lowest BCUT2D eigenvalue weighted by Crippen LogP contribution is -2.51. The predicted molar refractivity (Wildman–Crippen MR) is 106 cm³/mol. The first-order valence-electron chi connectivity index (χ1n) is 9.57. The van der Waals surface area contributed by atoms with Gasteiger partial charge in [-0.25, -0.2) is 4.98 Å². The first kappa shape index (κ1) is 20.4. The van der Waals surface area contributed by atoms with Gasteiger partial charge >= 0.3 is 0 Å². The molecule has 8 heteroatoms. The summed E-state index contributed by atoms with van der Waals surface area (Å²) in [5.41, 5.74) is -0.475. The Morgan fingerprint density at radius 1 is 1.36 bits per heavy atom. The number of nitrogens with one attached hydrogen (secondary N) is 1. The summed E-state index contributed by atoms with van der Waals surface area (Å²) in [4.78, 5) is 31.1. The van der Waals surface area contributed by atoms with Crippen LogP contribution in [0.5, 0.6) is 0 Å². The number of fused-ring (bicyclic) bond motifs is 1. The van der Waals surface area contributed by atoms with Gasteiger partial charge in [0.05, 0.1) is 42.5 Å². The highest BCUT2D eigenvalue weighted by Crippen LogP contribution is 2.23. The number of methoxy groups -OCH3 is 1. The number of para-hydroxylation sites is 1. The van der Waals surface area contributed by atoms with E-state index in [-0.39, 0.29) is 24.1 Å². The molecule has 0 saturated carbocycles. The third-order valence-corrected chi connectivity index (χ3v) is 5.17. The van der Waals surface area contributed by atoms with E-state index in [1.54, 1.807) is 19.2 Å². The Morgan fingerprint density at radius 2 is 2.07 bits per heavy atom. The summed E-state index contributed by atoms with van der Waals surface area (Å²) in [6.45, 7) is 4.05. The number of hydrogen-bond donors (Lipinski definition) is 2. The maximum Gasteiger partial charge on any atom is 0.261 e. The monoisotopic (exact) mass is 388 g/mol. The van der Waals surface area contributed by atoms with Crippen LogP contribution in [0.1, 0.15) is 19.8 Å². The molecule has 0 bridgehead atoms. The van der Waals surface area contributed by atoms with Crippen LogP contribution in [0.3, 0.4) is 0 Å². The van der Waals surface area contributed by atoms with Crippen molar-refractivity contribution in [3.8, 4) is 0 Å². The van der Waals surface area contributed by atoms with E-state index >= 15 is 0 Å². The molecular formula is C20H28N4O4. The van der Waals surface area contributed by atoms with Gasteiger partial charge in [0.25, 0.3) is 5.56 Å². The van der Waals surface area contributed by atoms with Gasteiger partial charge in [-0.15, -0.1) is 0 Å². The Hall–Kier alpha value is -2.29. The zero-order valence-electron chi connectivity index (χ0n) is 16.4. The average molecular weight is 388 g/mol. The smallest absolute Gasteiger partial charge is 0.261 e. The Kier molecular flexibility index (Phi) is 6.43. The van der Waals surface area contributed by atoms with Crippen molar-refractivity contribution in [3.63, 3.8) is 0 Å². The van der Waals surface area contributed by atoms with Crippen LogP contribution in [-0.2, 0) is 16.1 Å². The number of rotatable bonds is 7. The zero-order chi connectivity index (χ0) is 20.1. The van der Waals surface area contributed by atoms with Crippen molar-refractivity contribution in [3.05, 3.63) is 40.9 Å². The molecule has 3 rings (SSSR count). The SMILES string of the molecule is COCC(C)NC(=O)CN1CCC(O)(Cn2cnc3ccccc3c2=O)CC1. The van der Waals surface area contributed by atoms with Gasteiger partial charge in [0.2, 0.25) is 5.91 Å². The van der Waals surface area contributed by atoms with E-state index in [0.717, 1.165) is 0 Å². The molecule has 0 aliphatic carbocycles. The van der Waals surface area contributed by atoms with Crippen molar-refractivity contribution in [1.82, 2.24) is 19.8 Å². The Morgan fingerprint density at radius 3 is 2.79 bits per heavy atom. The lowest BCUT2D eigenvalue weighted by atomic mass is 9.91. The van der Waals surface area contributed by atoms with Gasteiger partial charge in [-0.2, -0.15) is 0 Å². The second kappa shape index (κ2) is 8.81. The molecule has 1 saturated heterocycles. The molecule has 1 aliphatic rings. The average Bonchev–Trinajstić information content (AvgIpc) is 2.66. The second-order valence-electron chi connectivity index (χ2n) is 7.62. The minimum absolute atomic E-state index is 0.0356. The van der Waals surface area contributed by atoms with Crippen LogP contribution in [0.25, 0.3) is 10.9 Å². The number of aromatic nitrogens is 2. The maximum absolute atomic E-state index is 12.6. The minimum atomic E-state index is -0.982. The molecule has 1 amide bonds. The molecule has 8 nitrogen and oxygen atoms in total. The number of nitrogens with zero attached hydrogens (tertiary/aromatic N) is 3. The standard InChI is InChI=1S/C20H28N4O4/c1-15(12-28-2)22-18(25)11-23-9-7-20(27,8-10-23)13-24-14-21-17-6-4-3-5-16(17)19(24)26/h3-6,14-15,27H,7-13H2,1-2H3,(H,22,25). The van der Waals surface area contributed by atoms with Gasteiger partial charge in [-0.1, -0.05) is 12.1 Å². The molecule has 28 heavy (non-hydrogen) atoms. The Labute approximate surface area is 164 Å². The quantitative estimate of drug-likeness (QED) is 0.712. The summed E-state index contributed by atoms with van der Waals surface area (Å²) in [5, 5.41) is 14.4. The highest BCUT2D eigenvalue weighted by molar-refractivity contribution is 5.78. The van der Waals surface area contributed by atoms with Gasteiger partial charge in [0.15, 0.2) is 0 Å². The van der Waals surface area contributed by atoms with Gasteiger partial charge in [0.1, 0.15) is 0 Å². The van der Waals surface area contributed by atoms with Crippen molar-refractivity contribution in [2.75, 3.05) is 33.4 Å². The molecule has 1 fully saturated rings. The molecule has 2 N–H and O–H groups in total. The van der Waals surface area contributed by atoms with Crippen molar-refractivity contribution < 1.29 is 14.6 Å². The van der Waals surface area contributed by atoms with E-state index in [1.807, 2.05) is 24.0 Å². The number of carbonyl (C=O) groups excluding carboxylic acids is 1. The zero-order valence-corrected chi connectivity index (χ0v) is 16.4. The molecule has 1 aliphatic heterocycles. The molecule has 0 radical (unpaired) electrons. The summed E-state index contributed by atoms with van der Waals surface area (Å²) in [6.07, 6.45) is 2.49. The van der Waals surface area contributed by atoms with E-state index in [2.05, 4.69) is 10.3 Å². The molecule has 1 unspecified atom stereocenters. The summed E-state index contributed by atoms with van der Waals surface area (Å²) in [5.74, 6) is -0.0510. The fourth-order valence-electron chi connectivity index (χ4n) is 3.64. The number of piperidine rings is 1. The summed E-state index contributed by atoms with van der Waals surface area (Å²) >= 11 is 0. The van der Waals surface area contributed by atoms with Gasteiger partial charge in [-0.3, -0.25) is 19.1 Å². The highest BCUT2D eigenvalue weighted by Gasteiger charge is 2.33.